The number of fused-ring (bicyclic) bond motifs is 2. The third kappa shape index (κ3) is 11.2. The lowest BCUT2D eigenvalue weighted by atomic mass is 9.97. The third-order valence-corrected chi connectivity index (χ3v) is 14.4. The molecule has 0 radical (unpaired) electrons. The first-order chi connectivity index (χ1) is 33.2. The number of carboxylic acid groups (broad SMARTS) is 1. The van der Waals surface area contributed by atoms with Gasteiger partial charge in [0.05, 0.1) is 68.7 Å². The van der Waals surface area contributed by atoms with Gasteiger partial charge in [0.2, 0.25) is 0 Å². The number of halogens is 2. The van der Waals surface area contributed by atoms with Gasteiger partial charge in [-0.3, -0.25) is 9.69 Å². The Balaban J connectivity index is 1.000. The van der Waals surface area contributed by atoms with Crippen LogP contribution in [-0.2, 0) is 24.4 Å². The summed E-state index contributed by atoms with van der Waals surface area (Å²) in [5.41, 5.74) is 7.27. The number of carbonyl (C=O) groups is 1. The van der Waals surface area contributed by atoms with Crippen LogP contribution in [0, 0.1) is 0 Å². The van der Waals surface area contributed by atoms with Crippen molar-refractivity contribution in [2.75, 3.05) is 56.6 Å². The average molecular weight is 991 g/mol. The third-order valence-electron chi connectivity index (χ3n) is 11.5. The lowest BCUT2D eigenvalue weighted by Crippen LogP contribution is -2.27. The van der Waals surface area contributed by atoms with E-state index in [0.717, 1.165) is 84.4 Å². The van der Waals surface area contributed by atoms with Crippen molar-refractivity contribution in [2.24, 2.45) is 0 Å². The topological polar surface area (TPSA) is 181 Å². The van der Waals surface area contributed by atoms with E-state index in [4.69, 9.17) is 48.0 Å². The molecular formula is C50H49Cl2N9O5S2. The first-order valence-corrected chi connectivity index (χ1v) is 24.7. The van der Waals surface area contributed by atoms with E-state index in [9.17, 15) is 15.0 Å². The Morgan fingerprint density at radius 2 is 1.56 bits per heavy atom. The maximum atomic E-state index is 11.1. The van der Waals surface area contributed by atoms with E-state index < -0.39 is 5.97 Å². The predicted molar refractivity (Wildman–Crippen MR) is 273 cm³/mol. The molecule has 6 N–H and O–H groups in total. The van der Waals surface area contributed by atoms with Crippen molar-refractivity contribution in [3.63, 3.8) is 0 Å². The standard InChI is InChI=1S/C50H49Cl2N9O5S2/c51-45-33(31-8-2-1-3-9-31)10-4-13-37(45)58-50-48-39(16-19-55-50)56-43(68-48)30-61(23-24-62)29-36-34(11-6-15-40(36)66-25-7-21-60-22-18-32(63)28-60)35-12-5-14-38(46(35)52)57-49-47-41(17-20-54-49)67-42(59-47)26-53-27-44(64)65/h1-6,8-17,19-20,32,53,62-63H,7,18,21-30H2,(H,54,57)(H,55,58)(H,64,65). The van der Waals surface area contributed by atoms with Crippen LogP contribution in [0.2, 0.25) is 10.0 Å². The molecule has 0 bridgehead atoms. The summed E-state index contributed by atoms with van der Waals surface area (Å²) >= 11 is 17.3. The highest BCUT2D eigenvalue weighted by Gasteiger charge is 2.23. The van der Waals surface area contributed by atoms with E-state index in [1.54, 1.807) is 12.4 Å². The summed E-state index contributed by atoms with van der Waals surface area (Å²) in [6, 6.07) is 31.5. The second-order valence-corrected chi connectivity index (χ2v) is 19.3. The van der Waals surface area contributed by atoms with Crippen LogP contribution in [0.1, 0.15) is 28.4 Å². The summed E-state index contributed by atoms with van der Waals surface area (Å²) in [5.74, 6) is 0.932. The molecule has 1 aliphatic rings. The van der Waals surface area contributed by atoms with Crippen molar-refractivity contribution < 1.29 is 24.9 Å². The highest BCUT2D eigenvalue weighted by atomic mass is 35.5. The second kappa shape index (κ2) is 22.1. The Morgan fingerprint density at radius 3 is 2.34 bits per heavy atom. The Labute approximate surface area is 411 Å². The minimum Gasteiger partial charge on any atom is -0.493 e. The zero-order valence-corrected chi connectivity index (χ0v) is 40.0. The Morgan fingerprint density at radius 1 is 0.824 bits per heavy atom. The van der Waals surface area contributed by atoms with Crippen molar-refractivity contribution in [1.82, 2.24) is 35.1 Å². The zero-order chi connectivity index (χ0) is 47.0. The first kappa shape index (κ1) is 47.3. The summed E-state index contributed by atoms with van der Waals surface area (Å²) in [6.07, 6.45) is 4.72. The number of carboxylic acids is 1. The molecule has 0 aliphatic carbocycles. The van der Waals surface area contributed by atoms with Crippen molar-refractivity contribution in [2.45, 2.75) is 38.6 Å². The van der Waals surface area contributed by atoms with E-state index in [0.29, 0.717) is 78.0 Å². The van der Waals surface area contributed by atoms with Gasteiger partial charge in [-0.15, -0.1) is 22.7 Å². The molecule has 1 saturated heterocycles. The number of hydrogen-bond acceptors (Lipinski definition) is 15. The smallest absolute Gasteiger partial charge is 0.317 e. The number of pyridine rings is 2. The van der Waals surface area contributed by atoms with Crippen LogP contribution in [0.5, 0.6) is 5.75 Å². The monoisotopic (exact) mass is 989 g/mol. The van der Waals surface area contributed by atoms with E-state index in [2.05, 4.69) is 30.7 Å². The highest BCUT2D eigenvalue weighted by molar-refractivity contribution is 7.19. The number of rotatable bonds is 21. The Bertz CT molecular complexity index is 3030. The zero-order valence-electron chi connectivity index (χ0n) is 36.9. The predicted octanol–water partition coefficient (Wildman–Crippen LogP) is 9.83. The normalized spacial score (nSPS) is 14.0. The fraction of sp³-hybridized carbons (Fsp3) is 0.260. The largest absolute Gasteiger partial charge is 0.493 e. The number of aliphatic hydroxyl groups excluding tert-OH is 2. The minimum atomic E-state index is -0.938. The molecule has 14 nitrogen and oxygen atoms in total. The van der Waals surface area contributed by atoms with Crippen molar-refractivity contribution >= 4 is 95.3 Å². The number of thiazole rings is 2. The van der Waals surface area contributed by atoms with E-state index in [1.165, 1.54) is 22.7 Å². The molecule has 0 amide bonds. The van der Waals surface area contributed by atoms with Gasteiger partial charge in [-0.25, -0.2) is 19.9 Å². The molecule has 9 rings (SSSR count). The van der Waals surface area contributed by atoms with Gasteiger partial charge in [0.25, 0.3) is 0 Å². The summed E-state index contributed by atoms with van der Waals surface area (Å²) in [5, 5.41) is 42.1. The molecule has 18 heteroatoms. The van der Waals surface area contributed by atoms with Gasteiger partial charge in [-0.05, 0) is 54.3 Å². The number of ether oxygens (including phenoxy) is 1. The van der Waals surface area contributed by atoms with Crippen LogP contribution in [-0.4, -0.2) is 103 Å². The molecule has 350 valence electrons. The number of benzene rings is 4. The van der Waals surface area contributed by atoms with Gasteiger partial charge in [-0.2, -0.15) is 0 Å². The fourth-order valence-corrected chi connectivity index (χ4v) is 10.9. The summed E-state index contributed by atoms with van der Waals surface area (Å²) in [7, 11) is 0. The molecule has 68 heavy (non-hydrogen) atoms. The maximum absolute atomic E-state index is 11.1. The first-order valence-electron chi connectivity index (χ1n) is 22.3. The van der Waals surface area contributed by atoms with Crippen LogP contribution in [0.25, 0.3) is 42.7 Å². The molecule has 1 fully saturated rings. The molecule has 1 atom stereocenters. The molecule has 1 unspecified atom stereocenters. The lowest BCUT2D eigenvalue weighted by molar-refractivity contribution is -0.136. The number of nitrogens with zero attached hydrogens (tertiary/aromatic N) is 6. The summed E-state index contributed by atoms with van der Waals surface area (Å²) in [4.78, 5) is 34.6. The van der Waals surface area contributed by atoms with Crippen molar-refractivity contribution in [3.05, 3.63) is 135 Å². The molecule has 4 aromatic carbocycles. The average Bonchev–Trinajstić information content (AvgIpc) is 4.08. The highest BCUT2D eigenvalue weighted by Crippen LogP contribution is 2.42. The van der Waals surface area contributed by atoms with Crippen LogP contribution in [0.15, 0.2) is 109 Å². The molecule has 0 spiro atoms. The van der Waals surface area contributed by atoms with Crippen LogP contribution >= 0.6 is 45.9 Å². The number of aliphatic hydroxyl groups is 2. The van der Waals surface area contributed by atoms with Crippen LogP contribution in [0.3, 0.4) is 0 Å². The van der Waals surface area contributed by atoms with Crippen LogP contribution < -0.4 is 20.7 Å². The Kier molecular flexibility index (Phi) is 15.4. The summed E-state index contributed by atoms with van der Waals surface area (Å²) < 4.78 is 8.39. The number of β-amino-alcohol motifs (C(OH)–C–C–N with tert-alkyl or cyclic N) is 1. The number of anilines is 4. The molecule has 1 aliphatic heterocycles. The molecule has 4 aromatic heterocycles. The number of nitrogens with one attached hydrogen (secondary N) is 3. The van der Waals surface area contributed by atoms with Gasteiger partial charge in [0.15, 0.2) is 5.82 Å². The van der Waals surface area contributed by atoms with E-state index in [-0.39, 0.29) is 19.3 Å². The SMILES string of the molecule is O=C(O)CNCc1nc2c(Nc3cccc(-c4cccc(OCCCN5CCC(O)C5)c4CN(CCO)Cc4nc5ccnc(Nc6cccc(-c7ccccc7)c6Cl)c5s4)c3Cl)nccc2s1. The van der Waals surface area contributed by atoms with Crippen molar-refractivity contribution in [1.29, 1.82) is 0 Å². The van der Waals surface area contributed by atoms with Crippen molar-refractivity contribution in [3.8, 4) is 28.0 Å². The summed E-state index contributed by atoms with van der Waals surface area (Å²) in [6.45, 7) is 4.08. The minimum absolute atomic E-state index is 0.0811. The fourth-order valence-electron chi connectivity index (χ4n) is 8.34. The number of aromatic nitrogens is 4. The lowest BCUT2D eigenvalue weighted by Gasteiger charge is -2.25. The van der Waals surface area contributed by atoms with Gasteiger partial charge in [0, 0.05) is 68.4 Å². The number of likely N-dealkylation sites (tertiary alicyclic amines) is 1. The second-order valence-electron chi connectivity index (χ2n) is 16.3. The van der Waals surface area contributed by atoms with Gasteiger partial charge in [-0.1, -0.05) is 89.9 Å². The van der Waals surface area contributed by atoms with Crippen LogP contribution in [0.4, 0.5) is 23.0 Å². The number of hydrogen-bond donors (Lipinski definition) is 6. The quantitative estimate of drug-likeness (QED) is 0.0375. The maximum Gasteiger partial charge on any atom is 0.317 e. The molecule has 5 heterocycles. The van der Waals surface area contributed by atoms with E-state index >= 15 is 0 Å². The Hall–Kier alpha value is -5.79. The molecule has 0 saturated carbocycles. The molecular weight excluding hydrogens is 942 g/mol. The number of aliphatic carboxylic acids is 1. The van der Waals surface area contributed by atoms with E-state index in [1.807, 2.05) is 97.1 Å². The van der Waals surface area contributed by atoms with Gasteiger partial charge in [0.1, 0.15) is 27.1 Å². The van der Waals surface area contributed by atoms with Gasteiger partial charge >= 0.3 is 5.97 Å². The molecule has 8 aromatic rings. The van der Waals surface area contributed by atoms with Gasteiger partial charge < -0.3 is 40.9 Å².